The molecule has 0 unspecified atom stereocenters. The lowest BCUT2D eigenvalue weighted by Gasteiger charge is -2.11. The molecule has 0 amide bonds. The van der Waals surface area contributed by atoms with Gasteiger partial charge in [-0.3, -0.25) is 0 Å². The SMILES string of the molecule is CCCCCCCCOc1ccccc1-c1ccc(CCCCCCCC)nn1. The minimum Gasteiger partial charge on any atom is -0.493 e. The van der Waals surface area contributed by atoms with Crippen LogP contribution in [-0.2, 0) is 6.42 Å². The van der Waals surface area contributed by atoms with E-state index in [9.17, 15) is 0 Å². The summed E-state index contributed by atoms with van der Waals surface area (Å²) in [7, 11) is 0. The maximum absolute atomic E-state index is 6.07. The van der Waals surface area contributed by atoms with E-state index in [-0.39, 0.29) is 0 Å². The lowest BCUT2D eigenvalue weighted by molar-refractivity contribution is 0.305. The van der Waals surface area contributed by atoms with Gasteiger partial charge >= 0.3 is 0 Å². The van der Waals surface area contributed by atoms with E-state index in [0.717, 1.165) is 42.1 Å². The zero-order valence-electron chi connectivity index (χ0n) is 18.7. The molecule has 1 heterocycles. The van der Waals surface area contributed by atoms with Crippen LogP contribution in [0.3, 0.4) is 0 Å². The number of unbranched alkanes of at least 4 members (excludes halogenated alkanes) is 10. The van der Waals surface area contributed by atoms with Gasteiger partial charge in [0.15, 0.2) is 0 Å². The van der Waals surface area contributed by atoms with Gasteiger partial charge in [0, 0.05) is 5.56 Å². The van der Waals surface area contributed by atoms with Gasteiger partial charge in [0.25, 0.3) is 0 Å². The van der Waals surface area contributed by atoms with Crippen LogP contribution in [0.1, 0.15) is 96.6 Å². The molecule has 0 atom stereocenters. The summed E-state index contributed by atoms with van der Waals surface area (Å²) in [5.41, 5.74) is 3.03. The summed E-state index contributed by atoms with van der Waals surface area (Å²) in [6, 6.07) is 12.4. The van der Waals surface area contributed by atoms with Gasteiger partial charge in [0.05, 0.1) is 18.0 Å². The van der Waals surface area contributed by atoms with Gasteiger partial charge in [-0.05, 0) is 43.5 Å². The molecular formula is C26H40N2O. The van der Waals surface area contributed by atoms with Crippen LogP contribution >= 0.6 is 0 Å². The maximum Gasteiger partial charge on any atom is 0.128 e. The van der Waals surface area contributed by atoms with Crippen LogP contribution < -0.4 is 4.74 Å². The number of aryl methyl sites for hydroxylation is 1. The molecule has 0 radical (unpaired) electrons. The lowest BCUT2D eigenvalue weighted by atomic mass is 10.1. The number of aromatic nitrogens is 2. The van der Waals surface area contributed by atoms with Gasteiger partial charge in [-0.2, -0.15) is 10.2 Å². The molecule has 3 nitrogen and oxygen atoms in total. The Balaban J connectivity index is 1.79. The van der Waals surface area contributed by atoms with Crippen LogP contribution in [-0.4, -0.2) is 16.8 Å². The van der Waals surface area contributed by atoms with Crippen molar-refractivity contribution >= 4 is 0 Å². The summed E-state index contributed by atoms with van der Waals surface area (Å²) in [6.07, 6.45) is 16.5. The fourth-order valence-corrected chi connectivity index (χ4v) is 3.59. The van der Waals surface area contributed by atoms with E-state index in [4.69, 9.17) is 4.74 Å². The van der Waals surface area contributed by atoms with E-state index in [0.29, 0.717) is 0 Å². The van der Waals surface area contributed by atoms with Crippen molar-refractivity contribution < 1.29 is 4.74 Å². The van der Waals surface area contributed by atoms with E-state index >= 15 is 0 Å². The molecule has 0 aliphatic rings. The first-order valence-corrected chi connectivity index (χ1v) is 11.9. The van der Waals surface area contributed by atoms with E-state index in [1.165, 1.54) is 70.6 Å². The first-order chi connectivity index (χ1) is 14.3. The van der Waals surface area contributed by atoms with Crippen molar-refractivity contribution in [2.75, 3.05) is 6.61 Å². The second-order valence-electron chi connectivity index (χ2n) is 8.04. The quantitative estimate of drug-likeness (QED) is 0.272. The average Bonchev–Trinajstić information content (AvgIpc) is 2.76. The predicted molar refractivity (Wildman–Crippen MR) is 123 cm³/mol. The van der Waals surface area contributed by atoms with Gasteiger partial charge in [-0.25, -0.2) is 0 Å². The standard InChI is InChI=1S/C26H40N2O/c1-3-5-7-9-11-13-17-23-20-21-25(28-27-23)24-18-14-15-19-26(24)29-22-16-12-10-8-6-4-2/h14-15,18-21H,3-13,16-17,22H2,1-2H3. The van der Waals surface area contributed by atoms with Crippen LogP contribution in [0.4, 0.5) is 0 Å². The zero-order chi connectivity index (χ0) is 20.6. The summed E-state index contributed by atoms with van der Waals surface area (Å²) < 4.78 is 6.07. The molecule has 0 bridgehead atoms. The zero-order valence-corrected chi connectivity index (χ0v) is 18.7. The molecule has 29 heavy (non-hydrogen) atoms. The van der Waals surface area contributed by atoms with Crippen LogP contribution in [0.2, 0.25) is 0 Å². The van der Waals surface area contributed by atoms with Crippen molar-refractivity contribution in [2.45, 2.75) is 97.3 Å². The van der Waals surface area contributed by atoms with Crippen LogP contribution in [0.5, 0.6) is 5.75 Å². The van der Waals surface area contributed by atoms with Gasteiger partial charge in [0.1, 0.15) is 5.75 Å². The van der Waals surface area contributed by atoms with Gasteiger partial charge in [0.2, 0.25) is 0 Å². The Labute approximate surface area is 178 Å². The number of nitrogens with zero attached hydrogens (tertiary/aromatic N) is 2. The number of para-hydroxylation sites is 1. The van der Waals surface area contributed by atoms with Crippen molar-refractivity contribution in [3.05, 3.63) is 42.1 Å². The van der Waals surface area contributed by atoms with Crippen molar-refractivity contribution in [2.24, 2.45) is 0 Å². The van der Waals surface area contributed by atoms with Gasteiger partial charge in [-0.15, -0.1) is 0 Å². The molecule has 0 fully saturated rings. The molecule has 3 heteroatoms. The Bertz CT molecular complexity index is 654. The molecule has 0 aliphatic carbocycles. The molecule has 0 N–H and O–H groups in total. The topological polar surface area (TPSA) is 35.0 Å². The highest BCUT2D eigenvalue weighted by atomic mass is 16.5. The molecule has 0 saturated heterocycles. The Morgan fingerprint density at radius 3 is 2.00 bits per heavy atom. The third kappa shape index (κ3) is 9.43. The number of ether oxygens (including phenoxy) is 1. The second kappa shape index (κ2) is 15.0. The minimum atomic E-state index is 0.771. The van der Waals surface area contributed by atoms with Crippen LogP contribution in [0.15, 0.2) is 36.4 Å². The monoisotopic (exact) mass is 396 g/mol. The van der Waals surface area contributed by atoms with E-state index in [1.54, 1.807) is 0 Å². The Morgan fingerprint density at radius 1 is 0.655 bits per heavy atom. The highest BCUT2D eigenvalue weighted by Crippen LogP contribution is 2.28. The van der Waals surface area contributed by atoms with Crippen molar-refractivity contribution in [3.8, 4) is 17.0 Å². The third-order valence-electron chi connectivity index (χ3n) is 5.42. The first-order valence-electron chi connectivity index (χ1n) is 11.9. The maximum atomic E-state index is 6.07. The molecule has 160 valence electrons. The fourth-order valence-electron chi connectivity index (χ4n) is 3.59. The molecule has 1 aromatic heterocycles. The molecule has 2 rings (SSSR count). The normalized spacial score (nSPS) is 11.0. The van der Waals surface area contributed by atoms with Gasteiger partial charge < -0.3 is 4.74 Å². The number of hydrogen-bond acceptors (Lipinski definition) is 3. The Hall–Kier alpha value is -1.90. The van der Waals surface area contributed by atoms with Crippen LogP contribution in [0, 0.1) is 0 Å². The van der Waals surface area contributed by atoms with Gasteiger partial charge in [-0.1, -0.05) is 90.2 Å². The number of benzene rings is 1. The van der Waals surface area contributed by atoms with Crippen LogP contribution in [0.25, 0.3) is 11.3 Å². The molecule has 0 spiro atoms. The smallest absolute Gasteiger partial charge is 0.128 e. The fraction of sp³-hybridized carbons (Fsp3) is 0.615. The summed E-state index contributed by atoms with van der Waals surface area (Å²) in [5, 5.41) is 8.95. The van der Waals surface area contributed by atoms with E-state index in [2.05, 4.69) is 42.2 Å². The minimum absolute atomic E-state index is 0.771. The Kier molecular flexibility index (Phi) is 12.1. The number of rotatable bonds is 16. The molecule has 0 aliphatic heterocycles. The van der Waals surface area contributed by atoms with Crippen molar-refractivity contribution in [1.29, 1.82) is 0 Å². The lowest BCUT2D eigenvalue weighted by Crippen LogP contribution is -2.00. The second-order valence-corrected chi connectivity index (χ2v) is 8.04. The van der Waals surface area contributed by atoms with E-state index in [1.807, 2.05) is 18.2 Å². The summed E-state index contributed by atoms with van der Waals surface area (Å²) in [4.78, 5) is 0. The molecule has 2 aromatic rings. The predicted octanol–water partition coefficient (Wildman–Crippen LogP) is 7.79. The van der Waals surface area contributed by atoms with Crippen molar-refractivity contribution in [1.82, 2.24) is 10.2 Å². The van der Waals surface area contributed by atoms with E-state index < -0.39 is 0 Å². The van der Waals surface area contributed by atoms with Crippen molar-refractivity contribution in [3.63, 3.8) is 0 Å². The first kappa shape index (κ1) is 23.4. The highest BCUT2D eigenvalue weighted by molar-refractivity contribution is 5.66. The highest BCUT2D eigenvalue weighted by Gasteiger charge is 2.08. The largest absolute Gasteiger partial charge is 0.493 e. The summed E-state index contributed by atoms with van der Waals surface area (Å²) in [6.45, 7) is 5.28. The number of hydrogen-bond donors (Lipinski definition) is 0. The molecular weight excluding hydrogens is 356 g/mol. The third-order valence-corrected chi connectivity index (χ3v) is 5.42. The Morgan fingerprint density at radius 2 is 1.31 bits per heavy atom. The summed E-state index contributed by atoms with van der Waals surface area (Å²) in [5.74, 6) is 0.916. The average molecular weight is 397 g/mol. The summed E-state index contributed by atoms with van der Waals surface area (Å²) >= 11 is 0. The molecule has 0 saturated carbocycles. The molecule has 1 aromatic carbocycles.